The van der Waals surface area contributed by atoms with E-state index in [-0.39, 0.29) is 53.5 Å². The number of likely N-dealkylation sites (N-methyl/N-ethyl adjacent to an activating group) is 2. The fraction of sp³-hybridized carbons (Fsp3) is 0.294. The molecule has 46 heavy (non-hydrogen) atoms. The molecule has 0 amide bonds. The van der Waals surface area contributed by atoms with Crippen molar-refractivity contribution in [3.8, 4) is 11.5 Å². The van der Waals surface area contributed by atoms with E-state index in [1.807, 2.05) is 45.6 Å². The van der Waals surface area contributed by atoms with E-state index in [2.05, 4.69) is 12.2 Å². The van der Waals surface area contributed by atoms with Crippen LogP contribution in [0.25, 0.3) is 0 Å². The minimum absolute atomic E-state index is 0.0812. The Bertz CT molecular complexity index is 1800. The molecule has 4 N–H and O–H groups in total. The highest BCUT2D eigenvalue weighted by Crippen LogP contribution is 2.57. The molecule has 7 rings (SSSR count). The third-order valence-corrected chi connectivity index (χ3v) is 11.4. The molecule has 3 aliphatic carbocycles. The third kappa shape index (κ3) is 5.00. The smallest absolute Gasteiger partial charge is 0.233 e. The van der Waals surface area contributed by atoms with Gasteiger partial charge in [0.05, 0.1) is 39.3 Å². The standard InChI is InChI=1S/C34H34N4O6S2/c1-37(2,43)17-15-35-19-9-5-7-11-23(19)45-33-29(35)27-28(32(42)26-22(40)14-13-21(39)25(26)31(27)41)30-34(33)46-24-12-8-6-10-20(24)36(30)16-18-38(3,4)44/h5-14,23-24,43-44H,15-18H2,1-4H3/q+2/p+2. The van der Waals surface area contributed by atoms with Gasteiger partial charge in [-0.15, -0.1) is 0 Å². The van der Waals surface area contributed by atoms with Crippen molar-refractivity contribution in [3.63, 3.8) is 0 Å². The number of phenolic OH excluding ortho intramolecular Hbond substituents is 2. The predicted molar refractivity (Wildman–Crippen MR) is 176 cm³/mol. The number of fused-ring (bicyclic) bond motifs is 9. The van der Waals surface area contributed by atoms with Crippen LogP contribution in [0.5, 0.6) is 11.5 Å². The van der Waals surface area contributed by atoms with Crippen molar-refractivity contribution >= 4 is 57.9 Å². The number of hydroxylamine groups is 6. The fourth-order valence-electron chi connectivity index (χ4n) is 6.54. The Labute approximate surface area is 275 Å². The van der Waals surface area contributed by atoms with Gasteiger partial charge in [-0.25, -0.2) is 10.4 Å². The molecule has 2 aromatic carbocycles. The van der Waals surface area contributed by atoms with Crippen molar-refractivity contribution in [3.05, 3.63) is 83.0 Å². The van der Waals surface area contributed by atoms with Crippen molar-refractivity contribution in [2.24, 2.45) is 0 Å². The van der Waals surface area contributed by atoms with Gasteiger partial charge in [0, 0.05) is 12.2 Å². The van der Waals surface area contributed by atoms with Crippen molar-refractivity contribution in [2.75, 3.05) is 54.4 Å². The van der Waals surface area contributed by atoms with Crippen LogP contribution in [0.3, 0.4) is 0 Å². The highest BCUT2D eigenvalue weighted by Gasteiger charge is 2.52. The monoisotopic (exact) mass is 660 g/mol. The zero-order valence-corrected chi connectivity index (χ0v) is 27.6. The lowest BCUT2D eigenvalue weighted by molar-refractivity contribution is -1.07. The number of carbonyl (C=O) groups excluding carboxylic acids is 2. The lowest BCUT2D eigenvalue weighted by Gasteiger charge is -2.32. The number of quaternary nitrogens is 2. The molecule has 2 aromatic rings. The van der Waals surface area contributed by atoms with Gasteiger partial charge in [-0.05, 0) is 12.1 Å². The van der Waals surface area contributed by atoms with Crippen LogP contribution < -0.4 is 0 Å². The fourth-order valence-corrected chi connectivity index (χ4v) is 9.38. The summed E-state index contributed by atoms with van der Waals surface area (Å²) >= 11 is 3.22. The summed E-state index contributed by atoms with van der Waals surface area (Å²) < 4.78 is 3.47. The molecule has 10 nitrogen and oxygen atoms in total. The van der Waals surface area contributed by atoms with Gasteiger partial charge in [0.2, 0.25) is 36.0 Å². The summed E-state index contributed by atoms with van der Waals surface area (Å²) in [6.07, 6.45) is 16.1. The minimum Gasteiger partial charge on any atom is -0.507 e. The van der Waals surface area contributed by atoms with E-state index in [0.29, 0.717) is 37.6 Å². The molecule has 0 radical (unpaired) electrons. The van der Waals surface area contributed by atoms with Crippen LogP contribution in [0.1, 0.15) is 31.8 Å². The van der Waals surface area contributed by atoms with E-state index in [1.54, 1.807) is 51.7 Å². The number of allylic oxidation sites excluding steroid dienone is 6. The summed E-state index contributed by atoms with van der Waals surface area (Å²) in [5, 5.41) is 43.2. The van der Waals surface area contributed by atoms with Gasteiger partial charge >= 0.3 is 0 Å². The average Bonchev–Trinajstić information content (AvgIpc) is 3.00. The summed E-state index contributed by atoms with van der Waals surface area (Å²) in [5.41, 5.74) is 2.86. The van der Waals surface area contributed by atoms with Crippen LogP contribution in [0.15, 0.2) is 70.5 Å². The molecule has 0 saturated heterocycles. The molecule has 0 saturated carbocycles. The second-order valence-electron chi connectivity index (χ2n) is 13.0. The third-order valence-electron chi connectivity index (χ3n) is 8.74. The van der Waals surface area contributed by atoms with E-state index >= 15 is 0 Å². The topological polar surface area (TPSA) is 121 Å². The quantitative estimate of drug-likeness (QED) is 0.135. The molecule has 2 aliphatic heterocycles. The van der Waals surface area contributed by atoms with Crippen molar-refractivity contribution < 1.29 is 48.7 Å². The molecule has 12 heteroatoms. The Kier molecular flexibility index (Phi) is 7.31. The maximum atomic E-state index is 14.7. The molecule has 5 aliphatic rings. The first-order chi connectivity index (χ1) is 21.7. The molecule has 2 heterocycles. The Morgan fingerprint density at radius 2 is 1.04 bits per heavy atom. The number of hydrogen-bond acceptors (Lipinski definition) is 8. The summed E-state index contributed by atoms with van der Waals surface area (Å²) in [5.74, 6) is -1.86. The van der Waals surface area contributed by atoms with Gasteiger partial charge in [0.1, 0.15) is 42.9 Å². The minimum atomic E-state index is -0.552. The van der Waals surface area contributed by atoms with Crippen LogP contribution in [-0.2, 0) is 0 Å². The highest BCUT2D eigenvalue weighted by molar-refractivity contribution is 8.04. The number of thioether (sulfide) groups is 2. The molecule has 0 spiro atoms. The summed E-state index contributed by atoms with van der Waals surface area (Å²) in [6.45, 7) is 1.35. The van der Waals surface area contributed by atoms with Crippen LogP contribution in [-0.4, -0.2) is 127 Å². The van der Waals surface area contributed by atoms with Crippen molar-refractivity contribution in [1.82, 2.24) is 0 Å². The Morgan fingerprint density at radius 1 is 0.652 bits per heavy atom. The molecule has 2 unspecified atom stereocenters. The molecule has 0 aromatic heterocycles. The van der Waals surface area contributed by atoms with Crippen LogP contribution in [0.2, 0.25) is 0 Å². The first kappa shape index (κ1) is 30.9. The SMILES string of the molecule is C[N+](C)(O)CC[N+]1=C2C=CC=CC2Sc2c3c(c4c(c21)C(=O)c1c(O)ccc(O)c1C4=O)[N+](CC[N+](C)(C)O)=C1C=CC=CC1S3. The molecular weight excluding hydrogens is 625 g/mol. The lowest BCUT2D eigenvalue weighted by atomic mass is 9.80. The molecular formula is C34H36N4O6S2+4. The summed E-state index contributed by atoms with van der Waals surface area (Å²) in [4.78, 5) is 31.2. The Balaban J connectivity index is 1.61. The number of carbonyl (C=O) groups is 2. The largest absolute Gasteiger partial charge is 0.507 e. The molecule has 0 bridgehead atoms. The second kappa shape index (κ2) is 10.9. The maximum Gasteiger partial charge on any atom is 0.233 e. The average molecular weight is 661 g/mol. The lowest BCUT2D eigenvalue weighted by Crippen LogP contribution is -2.44. The second-order valence-corrected chi connectivity index (χ2v) is 15.3. The van der Waals surface area contributed by atoms with Crippen molar-refractivity contribution in [2.45, 2.75) is 20.3 Å². The van der Waals surface area contributed by atoms with Gasteiger partial charge in [0.25, 0.3) is 0 Å². The summed E-state index contributed by atoms with van der Waals surface area (Å²) in [6, 6.07) is 2.46. The number of aromatic hydroxyl groups is 2. The highest BCUT2D eigenvalue weighted by atomic mass is 32.2. The van der Waals surface area contributed by atoms with E-state index < -0.39 is 11.6 Å². The normalized spacial score (nSPS) is 21.2. The van der Waals surface area contributed by atoms with Gasteiger partial charge in [-0.1, -0.05) is 60.0 Å². The number of benzene rings is 2. The first-order valence-electron chi connectivity index (χ1n) is 15.1. The van der Waals surface area contributed by atoms with Gasteiger partial charge in [-0.2, -0.15) is 18.4 Å². The zero-order valence-electron chi connectivity index (χ0n) is 26.0. The van der Waals surface area contributed by atoms with E-state index in [0.717, 1.165) is 21.2 Å². The number of phenols is 2. The predicted octanol–water partition coefficient (Wildman–Crippen LogP) is 4.18. The number of nitrogens with zero attached hydrogens (tertiary/aromatic N) is 4. The van der Waals surface area contributed by atoms with Crippen molar-refractivity contribution in [1.29, 1.82) is 0 Å². The number of rotatable bonds is 6. The Morgan fingerprint density at radius 3 is 1.41 bits per heavy atom. The van der Waals surface area contributed by atoms with E-state index in [1.165, 1.54) is 12.1 Å². The van der Waals surface area contributed by atoms with Crippen LogP contribution in [0.4, 0.5) is 11.4 Å². The maximum absolute atomic E-state index is 14.7. The van der Waals surface area contributed by atoms with Crippen LogP contribution >= 0.6 is 23.5 Å². The number of ketones is 2. The van der Waals surface area contributed by atoms with E-state index in [4.69, 9.17) is 0 Å². The molecule has 0 fully saturated rings. The molecule has 236 valence electrons. The molecule has 2 atom stereocenters. The first-order valence-corrected chi connectivity index (χ1v) is 16.8. The van der Waals surface area contributed by atoms with Gasteiger partial charge < -0.3 is 10.2 Å². The van der Waals surface area contributed by atoms with Crippen LogP contribution in [0, 0.1) is 0 Å². The van der Waals surface area contributed by atoms with Gasteiger partial charge in [-0.3, -0.25) is 9.59 Å². The summed E-state index contributed by atoms with van der Waals surface area (Å²) in [7, 11) is 6.73. The van der Waals surface area contributed by atoms with Gasteiger partial charge in [0.15, 0.2) is 24.5 Å². The zero-order chi connectivity index (χ0) is 32.7. The number of hydrogen-bond donors (Lipinski definition) is 4. The Hall–Kier alpha value is -3.78. The van der Waals surface area contributed by atoms with E-state index in [9.17, 15) is 30.2 Å².